The van der Waals surface area contributed by atoms with Crippen LogP contribution < -0.4 is 0 Å². The SMILES string of the molecule is CCN(CC)CC(=O)N(C)C(C)c1ccccc1. The molecule has 18 heavy (non-hydrogen) atoms. The number of benzene rings is 1. The van der Waals surface area contributed by atoms with Crippen LogP contribution in [0, 0.1) is 0 Å². The lowest BCUT2D eigenvalue weighted by Gasteiger charge is -2.28. The number of amides is 1. The van der Waals surface area contributed by atoms with Crippen LogP contribution in [0.4, 0.5) is 0 Å². The molecule has 0 saturated carbocycles. The van der Waals surface area contributed by atoms with Gasteiger partial charge in [-0.1, -0.05) is 44.2 Å². The zero-order valence-corrected chi connectivity index (χ0v) is 11.9. The lowest BCUT2D eigenvalue weighted by molar-refractivity contribution is -0.133. The molecular weight excluding hydrogens is 224 g/mol. The number of nitrogens with zero attached hydrogens (tertiary/aromatic N) is 2. The lowest BCUT2D eigenvalue weighted by atomic mass is 10.1. The van der Waals surface area contributed by atoms with E-state index in [0.717, 1.165) is 13.1 Å². The highest BCUT2D eigenvalue weighted by atomic mass is 16.2. The molecule has 0 heterocycles. The van der Waals surface area contributed by atoms with Gasteiger partial charge in [0, 0.05) is 7.05 Å². The molecule has 1 aromatic rings. The van der Waals surface area contributed by atoms with E-state index in [4.69, 9.17) is 0 Å². The van der Waals surface area contributed by atoms with Gasteiger partial charge in [0.25, 0.3) is 0 Å². The van der Waals surface area contributed by atoms with Crippen LogP contribution in [0.5, 0.6) is 0 Å². The van der Waals surface area contributed by atoms with Gasteiger partial charge in [0.1, 0.15) is 0 Å². The van der Waals surface area contributed by atoms with Crippen LogP contribution in [0.25, 0.3) is 0 Å². The van der Waals surface area contributed by atoms with Crippen molar-refractivity contribution in [1.29, 1.82) is 0 Å². The van der Waals surface area contributed by atoms with Crippen molar-refractivity contribution in [1.82, 2.24) is 9.80 Å². The number of hydrogen-bond donors (Lipinski definition) is 0. The van der Waals surface area contributed by atoms with Gasteiger partial charge >= 0.3 is 0 Å². The van der Waals surface area contributed by atoms with Crippen LogP contribution in [0.2, 0.25) is 0 Å². The second kappa shape index (κ2) is 7.17. The highest BCUT2D eigenvalue weighted by Crippen LogP contribution is 2.18. The zero-order valence-electron chi connectivity index (χ0n) is 11.9. The van der Waals surface area contributed by atoms with Crippen molar-refractivity contribution in [2.75, 3.05) is 26.7 Å². The van der Waals surface area contributed by atoms with Gasteiger partial charge in [0.05, 0.1) is 12.6 Å². The van der Waals surface area contributed by atoms with E-state index in [-0.39, 0.29) is 11.9 Å². The average molecular weight is 248 g/mol. The van der Waals surface area contributed by atoms with Gasteiger partial charge in [0.15, 0.2) is 0 Å². The van der Waals surface area contributed by atoms with Crippen molar-refractivity contribution < 1.29 is 4.79 Å². The molecule has 0 saturated heterocycles. The molecule has 0 N–H and O–H groups in total. The van der Waals surface area contributed by atoms with E-state index in [2.05, 4.69) is 37.8 Å². The molecular formula is C15H24N2O. The molecule has 0 radical (unpaired) electrons. The van der Waals surface area contributed by atoms with Crippen LogP contribution in [-0.2, 0) is 4.79 Å². The van der Waals surface area contributed by atoms with Crippen LogP contribution in [0.3, 0.4) is 0 Å². The minimum atomic E-state index is 0.120. The smallest absolute Gasteiger partial charge is 0.236 e. The van der Waals surface area contributed by atoms with Crippen LogP contribution in [-0.4, -0.2) is 42.4 Å². The van der Waals surface area contributed by atoms with Crippen LogP contribution >= 0.6 is 0 Å². The molecule has 1 amide bonds. The van der Waals surface area contributed by atoms with E-state index in [1.165, 1.54) is 5.56 Å². The largest absolute Gasteiger partial charge is 0.338 e. The maximum Gasteiger partial charge on any atom is 0.236 e. The van der Waals surface area contributed by atoms with Gasteiger partial charge in [0.2, 0.25) is 5.91 Å². The van der Waals surface area contributed by atoms with E-state index in [1.807, 2.05) is 30.1 Å². The second-order valence-electron chi connectivity index (χ2n) is 4.55. The summed E-state index contributed by atoms with van der Waals surface area (Å²) >= 11 is 0. The van der Waals surface area contributed by atoms with Crippen molar-refractivity contribution in [3.05, 3.63) is 35.9 Å². The van der Waals surface area contributed by atoms with Crippen molar-refractivity contribution >= 4 is 5.91 Å². The van der Waals surface area contributed by atoms with E-state index < -0.39 is 0 Å². The lowest BCUT2D eigenvalue weighted by Crippen LogP contribution is -2.39. The first-order chi connectivity index (χ1) is 8.60. The number of carbonyl (C=O) groups excluding carboxylic acids is 1. The zero-order chi connectivity index (χ0) is 13.5. The molecule has 3 nitrogen and oxygen atoms in total. The third kappa shape index (κ3) is 3.84. The molecule has 0 aliphatic rings. The number of likely N-dealkylation sites (N-methyl/N-ethyl adjacent to an activating group) is 2. The van der Waals surface area contributed by atoms with Gasteiger partial charge in [-0.05, 0) is 25.6 Å². The highest BCUT2D eigenvalue weighted by Gasteiger charge is 2.18. The summed E-state index contributed by atoms with van der Waals surface area (Å²) in [5, 5.41) is 0. The Bertz CT molecular complexity index is 360. The molecule has 0 aliphatic heterocycles. The summed E-state index contributed by atoms with van der Waals surface area (Å²) in [5.74, 6) is 0.176. The molecule has 0 spiro atoms. The predicted octanol–water partition coefficient (Wildman–Crippen LogP) is 2.55. The van der Waals surface area contributed by atoms with Gasteiger partial charge in [-0.3, -0.25) is 9.69 Å². The van der Waals surface area contributed by atoms with E-state index in [0.29, 0.717) is 6.54 Å². The molecule has 1 atom stereocenters. The van der Waals surface area contributed by atoms with Gasteiger partial charge in [-0.15, -0.1) is 0 Å². The van der Waals surface area contributed by atoms with Crippen LogP contribution in [0.15, 0.2) is 30.3 Å². The standard InChI is InChI=1S/C15H24N2O/c1-5-17(6-2)12-15(18)16(4)13(3)14-10-8-7-9-11-14/h7-11,13H,5-6,12H2,1-4H3. The summed E-state index contributed by atoms with van der Waals surface area (Å²) in [6.07, 6.45) is 0. The Morgan fingerprint density at radius 1 is 1.17 bits per heavy atom. The molecule has 1 aromatic carbocycles. The van der Waals surface area contributed by atoms with Crippen molar-refractivity contribution in [3.63, 3.8) is 0 Å². The Kier molecular flexibility index (Phi) is 5.86. The minimum absolute atomic E-state index is 0.120. The summed E-state index contributed by atoms with van der Waals surface area (Å²) in [5.41, 5.74) is 1.17. The number of carbonyl (C=O) groups is 1. The molecule has 0 aromatic heterocycles. The quantitative estimate of drug-likeness (QED) is 0.772. The number of rotatable bonds is 6. The average Bonchev–Trinajstić information content (AvgIpc) is 2.43. The van der Waals surface area contributed by atoms with Crippen molar-refractivity contribution in [2.45, 2.75) is 26.8 Å². The van der Waals surface area contributed by atoms with Gasteiger partial charge < -0.3 is 4.90 Å². The van der Waals surface area contributed by atoms with Gasteiger partial charge in [-0.25, -0.2) is 0 Å². The van der Waals surface area contributed by atoms with E-state index in [9.17, 15) is 4.79 Å². The number of hydrogen-bond acceptors (Lipinski definition) is 2. The Balaban J connectivity index is 2.63. The van der Waals surface area contributed by atoms with E-state index in [1.54, 1.807) is 0 Å². The van der Waals surface area contributed by atoms with Crippen molar-refractivity contribution in [3.8, 4) is 0 Å². The summed E-state index contributed by atoms with van der Waals surface area (Å²) in [6.45, 7) is 8.55. The first-order valence-corrected chi connectivity index (χ1v) is 6.63. The maximum atomic E-state index is 12.2. The minimum Gasteiger partial charge on any atom is -0.338 e. The summed E-state index contributed by atoms with van der Waals surface area (Å²) < 4.78 is 0. The van der Waals surface area contributed by atoms with Crippen molar-refractivity contribution in [2.24, 2.45) is 0 Å². The molecule has 0 bridgehead atoms. The molecule has 0 aliphatic carbocycles. The fourth-order valence-corrected chi connectivity index (χ4v) is 1.92. The fourth-order valence-electron chi connectivity index (χ4n) is 1.92. The first kappa shape index (κ1) is 14.7. The predicted molar refractivity (Wildman–Crippen MR) is 75.4 cm³/mol. The summed E-state index contributed by atoms with van der Waals surface area (Å²) in [4.78, 5) is 16.1. The molecule has 1 unspecified atom stereocenters. The third-order valence-corrected chi connectivity index (χ3v) is 3.51. The Hall–Kier alpha value is -1.35. The molecule has 3 heteroatoms. The third-order valence-electron chi connectivity index (χ3n) is 3.51. The van der Waals surface area contributed by atoms with Gasteiger partial charge in [-0.2, -0.15) is 0 Å². The topological polar surface area (TPSA) is 23.6 Å². The first-order valence-electron chi connectivity index (χ1n) is 6.63. The summed E-state index contributed by atoms with van der Waals surface area (Å²) in [6, 6.07) is 10.3. The monoisotopic (exact) mass is 248 g/mol. The Morgan fingerprint density at radius 3 is 2.22 bits per heavy atom. The second-order valence-corrected chi connectivity index (χ2v) is 4.55. The highest BCUT2D eigenvalue weighted by molar-refractivity contribution is 5.78. The fraction of sp³-hybridized carbons (Fsp3) is 0.533. The Labute approximate surface area is 110 Å². The maximum absolute atomic E-state index is 12.2. The van der Waals surface area contributed by atoms with E-state index >= 15 is 0 Å². The molecule has 0 fully saturated rings. The van der Waals surface area contributed by atoms with Crippen LogP contribution in [0.1, 0.15) is 32.4 Å². The molecule has 100 valence electrons. The summed E-state index contributed by atoms with van der Waals surface area (Å²) in [7, 11) is 1.88. The Morgan fingerprint density at radius 2 is 1.72 bits per heavy atom. The molecule has 1 rings (SSSR count). The normalized spacial score (nSPS) is 12.5.